The van der Waals surface area contributed by atoms with Gasteiger partial charge in [0.25, 0.3) is 0 Å². The average molecular weight is 150 g/mol. The van der Waals surface area contributed by atoms with Gasteiger partial charge in [-0.25, -0.2) is 0 Å². The van der Waals surface area contributed by atoms with E-state index in [0.717, 1.165) is 0 Å². The summed E-state index contributed by atoms with van der Waals surface area (Å²) in [6.45, 7) is 2.36. The maximum Gasteiger partial charge on any atom is 0.207 e. The number of hydrogen-bond donors (Lipinski definition) is 0. The number of nitrogens with zero attached hydrogens (tertiary/aromatic N) is 4. The number of nitriles is 2. The fourth-order valence-electron chi connectivity index (χ4n) is 0.537. The molecule has 0 amide bonds. The Morgan fingerprint density at radius 3 is 2.64 bits per heavy atom. The first kappa shape index (κ1) is 9.45. The Morgan fingerprint density at radius 2 is 2.18 bits per heavy atom. The monoisotopic (exact) mass is 150 g/mol. The van der Waals surface area contributed by atoms with Crippen LogP contribution in [0.4, 0.5) is 0 Å². The van der Waals surface area contributed by atoms with Gasteiger partial charge in [-0.3, -0.25) is 0 Å². The molecule has 58 valence electrons. The van der Waals surface area contributed by atoms with Crippen molar-refractivity contribution in [1.82, 2.24) is 4.90 Å². The highest BCUT2D eigenvalue weighted by Gasteiger charge is 1.97. The van der Waals surface area contributed by atoms with Crippen molar-refractivity contribution >= 4 is 5.84 Å². The fraction of sp³-hybridized carbons (Fsp3) is 0.571. The molecule has 0 radical (unpaired) electrons. The minimum atomic E-state index is 0.453. The van der Waals surface area contributed by atoms with Crippen LogP contribution in [0.1, 0.15) is 13.3 Å². The quantitative estimate of drug-likeness (QED) is 0.331. The van der Waals surface area contributed by atoms with E-state index in [9.17, 15) is 0 Å². The van der Waals surface area contributed by atoms with Crippen LogP contribution in [-0.2, 0) is 0 Å². The van der Waals surface area contributed by atoms with Crippen molar-refractivity contribution in [3.63, 3.8) is 0 Å². The lowest BCUT2D eigenvalue weighted by Crippen LogP contribution is -2.24. The molecule has 0 unspecified atom stereocenters. The smallest absolute Gasteiger partial charge is 0.207 e. The summed E-state index contributed by atoms with van der Waals surface area (Å²) in [4.78, 5) is 5.29. The van der Waals surface area contributed by atoms with Gasteiger partial charge in [0.05, 0.1) is 12.5 Å². The molecule has 0 bridgehead atoms. The molecule has 0 aliphatic heterocycles. The Balaban J connectivity index is 3.87. The third-order valence-corrected chi connectivity index (χ3v) is 1.32. The van der Waals surface area contributed by atoms with Gasteiger partial charge in [-0.1, -0.05) is 0 Å². The highest BCUT2D eigenvalue weighted by Crippen LogP contribution is 1.88. The van der Waals surface area contributed by atoms with Crippen LogP contribution < -0.4 is 0 Å². The standard InChI is InChI=1S/C7H10N4/c1-7(10-6-9)11(2)5-3-4-8/h3,5H2,1-2H3. The summed E-state index contributed by atoms with van der Waals surface area (Å²) in [7, 11) is 1.80. The molecule has 0 aromatic heterocycles. The van der Waals surface area contributed by atoms with Crippen molar-refractivity contribution in [2.45, 2.75) is 13.3 Å². The molecule has 0 aliphatic rings. The Labute approximate surface area is 66.4 Å². The Kier molecular flexibility index (Phi) is 4.51. The van der Waals surface area contributed by atoms with E-state index in [1.165, 1.54) is 0 Å². The van der Waals surface area contributed by atoms with Crippen LogP contribution in [-0.4, -0.2) is 24.3 Å². The zero-order valence-corrected chi connectivity index (χ0v) is 6.70. The van der Waals surface area contributed by atoms with Crippen molar-refractivity contribution < 1.29 is 0 Å². The first-order valence-electron chi connectivity index (χ1n) is 3.24. The van der Waals surface area contributed by atoms with E-state index in [-0.39, 0.29) is 0 Å². The minimum Gasteiger partial charge on any atom is -0.362 e. The number of rotatable bonds is 2. The van der Waals surface area contributed by atoms with Gasteiger partial charge in [0.1, 0.15) is 5.84 Å². The van der Waals surface area contributed by atoms with Crippen molar-refractivity contribution in [3.05, 3.63) is 0 Å². The van der Waals surface area contributed by atoms with Crippen LogP contribution in [0.15, 0.2) is 4.99 Å². The average Bonchev–Trinajstić information content (AvgIpc) is 2.00. The molecular formula is C7H10N4. The highest BCUT2D eigenvalue weighted by molar-refractivity contribution is 5.80. The van der Waals surface area contributed by atoms with Crippen molar-refractivity contribution in [2.75, 3.05) is 13.6 Å². The summed E-state index contributed by atoms with van der Waals surface area (Å²) in [5.74, 6) is 0.641. The topological polar surface area (TPSA) is 63.2 Å². The third-order valence-electron chi connectivity index (χ3n) is 1.32. The molecule has 0 aliphatic carbocycles. The van der Waals surface area contributed by atoms with E-state index in [2.05, 4.69) is 4.99 Å². The van der Waals surface area contributed by atoms with E-state index in [1.807, 2.05) is 6.07 Å². The fourth-order valence-corrected chi connectivity index (χ4v) is 0.537. The van der Waals surface area contributed by atoms with Gasteiger partial charge in [0, 0.05) is 13.6 Å². The highest BCUT2D eigenvalue weighted by atomic mass is 15.1. The van der Waals surface area contributed by atoms with Gasteiger partial charge in [0.15, 0.2) is 0 Å². The molecule has 0 heterocycles. The van der Waals surface area contributed by atoms with Gasteiger partial charge in [0.2, 0.25) is 6.19 Å². The first-order valence-corrected chi connectivity index (χ1v) is 3.24. The molecular weight excluding hydrogens is 140 g/mol. The molecule has 4 heteroatoms. The predicted molar refractivity (Wildman–Crippen MR) is 41.6 cm³/mol. The molecule has 0 aromatic carbocycles. The van der Waals surface area contributed by atoms with Crippen molar-refractivity contribution in [3.8, 4) is 12.3 Å². The lowest BCUT2D eigenvalue weighted by Gasteiger charge is -2.14. The lowest BCUT2D eigenvalue weighted by atomic mass is 10.4. The van der Waals surface area contributed by atoms with Crippen LogP contribution >= 0.6 is 0 Å². The van der Waals surface area contributed by atoms with Gasteiger partial charge >= 0.3 is 0 Å². The van der Waals surface area contributed by atoms with Crippen molar-refractivity contribution in [1.29, 1.82) is 10.5 Å². The Hall–Kier alpha value is -1.55. The first-order chi connectivity index (χ1) is 5.22. The van der Waals surface area contributed by atoms with Gasteiger partial charge in [-0.15, -0.1) is 0 Å². The zero-order chi connectivity index (χ0) is 8.69. The zero-order valence-electron chi connectivity index (χ0n) is 6.70. The molecule has 0 saturated carbocycles. The van der Waals surface area contributed by atoms with Crippen LogP contribution in [0.5, 0.6) is 0 Å². The molecule has 0 N–H and O–H groups in total. The van der Waals surface area contributed by atoms with E-state index in [1.54, 1.807) is 25.1 Å². The number of aliphatic imine (C=N–C) groups is 1. The van der Waals surface area contributed by atoms with Crippen LogP contribution in [0.2, 0.25) is 0 Å². The minimum absolute atomic E-state index is 0.453. The lowest BCUT2D eigenvalue weighted by molar-refractivity contribution is 0.513. The molecule has 0 atom stereocenters. The molecule has 4 nitrogen and oxygen atoms in total. The predicted octanol–water partition coefficient (Wildman–Crippen LogP) is 0.731. The van der Waals surface area contributed by atoms with Crippen molar-refractivity contribution in [2.24, 2.45) is 4.99 Å². The maximum absolute atomic E-state index is 8.25. The van der Waals surface area contributed by atoms with Gasteiger partial charge in [-0.2, -0.15) is 15.5 Å². The van der Waals surface area contributed by atoms with E-state index < -0.39 is 0 Å². The second-order valence-corrected chi connectivity index (χ2v) is 2.09. The van der Waals surface area contributed by atoms with Crippen LogP contribution in [0.3, 0.4) is 0 Å². The summed E-state index contributed by atoms with van der Waals surface area (Å²) in [6, 6.07) is 2.02. The second kappa shape index (κ2) is 5.25. The maximum atomic E-state index is 8.25. The molecule has 0 aromatic rings. The van der Waals surface area contributed by atoms with Crippen LogP contribution in [0, 0.1) is 22.8 Å². The molecule has 0 fully saturated rings. The summed E-state index contributed by atoms with van der Waals surface area (Å²) in [5, 5.41) is 16.4. The van der Waals surface area contributed by atoms with E-state index in [4.69, 9.17) is 10.5 Å². The summed E-state index contributed by atoms with van der Waals surface area (Å²) < 4.78 is 0. The molecule has 11 heavy (non-hydrogen) atoms. The van der Waals surface area contributed by atoms with Gasteiger partial charge < -0.3 is 4.90 Å². The molecule has 0 rings (SSSR count). The second-order valence-electron chi connectivity index (χ2n) is 2.09. The summed E-state index contributed by atoms with van der Waals surface area (Å²) in [6.07, 6.45) is 2.14. The summed E-state index contributed by atoms with van der Waals surface area (Å²) >= 11 is 0. The Morgan fingerprint density at radius 1 is 1.55 bits per heavy atom. The van der Waals surface area contributed by atoms with Gasteiger partial charge in [-0.05, 0) is 6.92 Å². The molecule has 0 spiro atoms. The van der Waals surface area contributed by atoms with E-state index in [0.29, 0.717) is 18.8 Å². The SMILES string of the molecule is CC(=NC#N)N(C)CCC#N. The van der Waals surface area contributed by atoms with Crippen LogP contribution in [0.25, 0.3) is 0 Å². The largest absolute Gasteiger partial charge is 0.362 e. The van der Waals surface area contributed by atoms with E-state index >= 15 is 0 Å². The number of hydrogen-bond acceptors (Lipinski definition) is 3. The Bertz CT molecular complexity index is 218. The normalized spacial score (nSPS) is 10.0. The molecule has 0 saturated heterocycles. The summed E-state index contributed by atoms with van der Waals surface area (Å²) in [5.41, 5.74) is 0. The number of amidine groups is 1. The third kappa shape index (κ3) is 3.94.